The number of hydrogen-bond donors (Lipinski definition) is 1. The first-order valence-electron chi connectivity index (χ1n) is 10.2. The Morgan fingerprint density at radius 1 is 1.12 bits per heavy atom. The van der Waals surface area contributed by atoms with Crippen LogP contribution in [0.5, 0.6) is 5.75 Å². The number of halogens is 1. The van der Waals surface area contributed by atoms with Crippen LogP contribution in [0.2, 0.25) is 5.02 Å². The van der Waals surface area contributed by atoms with E-state index in [4.69, 9.17) is 16.3 Å². The molecular formula is C22H23ClN4O4S. The lowest BCUT2D eigenvalue weighted by atomic mass is 10.2. The van der Waals surface area contributed by atoms with E-state index in [0.717, 1.165) is 19.3 Å². The van der Waals surface area contributed by atoms with Crippen LogP contribution in [0, 0.1) is 0 Å². The Balaban J connectivity index is 1.58. The molecule has 1 aromatic heterocycles. The third kappa shape index (κ3) is 4.50. The Bertz CT molecular complexity index is 1240. The average molecular weight is 475 g/mol. The second-order valence-corrected chi connectivity index (χ2v) is 9.72. The van der Waals surface area contributed by atoms with Crippen LogP contribution in [0.15, 0.2) is 59.8 Å². The van der Waals surface area contributed by atoms with Crippen molar-refractivity contribution in [2.24, 2.45) is 0 Å². The lowest BCUT2D eigenvalue weighted by molar-refractivity contribution is 0.102. The molecule has 0 bridgehead atoms. The van der Waals surface area contributed by atoms with Crippen molar-refractivity contribution in [3.8, 4) is 11.4 Å². The van der Waals surface area contributed by atoms with E-state index in [-0.39, 0.29) is 10.6 Å². The van der Waals surface area contributed by atoms with Crippen LogP contribution in [-0.4, -0.2) is 48.6 Å². The van der Waals surface area contributed by atoms with Crippen LogP contribution < -0.4 is 10.1 Å². The van der Waals surface area contributed by atoms with Crippen molar-refractivity contribution in [1.82, 2.24) is 14.1 Å². The Morgan fingerprint density at radius 2 is 1.88 bits per heavy atom. The summed E-state index contributed by atoms with van der Waals surface area (Å²) < 4.78 is 34.6. The number of rotatable bonds is 6. The maximum atomic E-state index is 13.2. The summed E-state index contributed by atoms with van der Waals surface area (Å²) in [5, 5.41) is 7.45. The number of carbonyl (C=O) groups excluding carboxylic acids is 1. The molecule has 1 saturated heterocycles. The van der Waals surface area contributed by atoms with Crippen LogP contribution in [0.25, 0.3) is 5.69 Å². The van der Waals surface area contributed by atoms with Crippen LogP contribution in [0.1, 0.15) is 29.6 Å². The number of piperidine rings is 1. The molecular weight excluding hydrogens is 452 g/mol. The maximum Gasteiger partial charge on any atom is 0.258 e. The lowest BCUT2D eigenvalue weighted by Gasteiger charge is -2.26. The minimum Gasteiger partial charge on any atom is -0.495 e. The van der Waals surface area contributed by atoms with Gasteiger partial charge in [0.2, 0.25) is 10.0 Å². The molecule has 0 aliphatic carbocycles. The Kier molecular flexibility index (Phi) is 6.50. The number of ether oxygens (including phenoxy) is 1. The van der Waals surface area contributed by atoms with E-state index in [1.807, 2.05) is 12.1 Å². The second kappa shape index (κ2) is 9.32. The van der Waals surface area contributed by atoms with Gasteiger partial charge in [-0.3, -0.25) is 4.79 Å². The van der Waals surface area contributed by atoms with Gasteiger partial charge in [-0.2, -0.15) is 9.40 Å². The van der Waals surface area contributed by atoms with Gasteiger partial charge in [-0.15, -0.1) is 0 Å². The topological polar surface area (TPSA) is 93.5 Å². The molecule has 8 nitrogen and oxygen atoms in total. The van der Waals surface area contributed by atoms with Gasteiger partial charge in [0, 0.05) is 25.0 Å². The number of aromatic nitrogens is 2. The zero-order chi connectivity index (χ0) is 22.7. The Morgan fingerprint density at radius 3 is 2.59 bits per heavy atom. The van der Waals surface area contributed by atoms with E-state index in [9.17, 15) is 13.2 Å². The fraction of sp³-hybridized carbons (Fsp3) is 0.273. The summed E-state index contributed by atoms with van der Waals surface area (Å²) in [6, 6.07) is 11.7. The smallest absolute Gasteiger partial charge is 0.258 e. The molecule has 0 radical (unpaired) electrons. The minimum atomic E-state index is -3.74. The highest BCUT2D eigenvalue weighted by molar-refractivity contribution is 7.89. The van der Waals surface area contributed by atoms with Crippen LogP contribution in [0.4, 0.5) is 5.69 Å². The van der Waals surface area contributed by atoms with E-state index in [0.29, 0.717) is 35.1 Å². The zero-order valence-corrected chi connectivity index (χ0v) is 19.1. The van der Waals surface area contributed by atoms with Crippen LogP contribution in [-0.2, 0) is 10.0 Å². The first kappa shape index (κ1) is 22.3. The number of amides is 1. The van der Waals surface area contributed by atoms with Gasteiger partial charge in [-0.1, -0.05) is 30.2 Å². The zero-order valence-electron chi connectivity index (χ0n) is 17.5. The Labute approximate surface area is 191 Å². The molecule has 2 heterocycles. The number of nitrogens with one attached hydrogen (secondary N) is 1. The van der Waals surface area contributed by atoms with E-state index < -0.39 is 15.9 Å². The van der Waals surface area contributed by atoms with E-state index >= 15 is 0 Å². The molecule has 0 spiro atoms. The molecule has 1 aliphatic heterocycles. The highest BCUT2D eigenvalue weighted by Crippen LogP contribution is 2.31. The predicted octanol–water partition coefficient (Wildman–Crippen LogP) is 3.96. The molecule has 168 valence electrons. The molecule has 32 heavy (non-hydrogen) atoms. The average Bonchev–Trinajstić information content (AvgIpc) is 3.30. The van der Waals surface area contributed by atoms with Gasteiger partial charge in [0.15, 0.2) is 0 Å². The summed E-state index contributed by atoms with van der Waals surface area (Å²) in [7, 11) is -2.32. The fourth-order valence-electron chi connectivity index (χ4n) is 3.61. The number of hydrogen-bond acceptors (Lipinski definition) is 5. The number of methoxy groups -OCH3 is 1. The molecule has 10 heteroatoms. The third-order valence-electron chi connectivity index (χ3n) is 5.30. The van der Waals surface area contributed by atoms with Crippen molar-refractivity contribution < 1.29 is 17.9 Å². The molecule has 4 rings (SSSR count). The Hall–Kier alpha value is -2.88. The monoisotopic (exact) mass is 474 g/mol. The fourth-order valence-corrected chi connectivity index (χ4v) is 5.53. The van der Waals surface area contributed by atoms with Gasteiger partial charge in [0.1, 0.15) is 10.6 Å². The summed E-state index contributed by atoms with van der Waals surface area (Å²) in [5.74, 6) is -0.185. The molecule has 0 atom stereocenters. The number of nitrogens with zero attached hydrogens (tertiary/aromatic N) is 3. The number of anilines is 1. The molecule has 0 unspecified atom stereocenters. The largest absolute Gasteiger partial charge is 0.495 e. The van der Waals surface area contributed by atoms with Crippen molar-refractivity contribution >= 4 is 33.2 Å². The van der Waals surface area contributed by atoms with Gasteiger partial charge in [-0.25, -0.2) is 13.1 Å². The van der Waals surface area contributed by atoms with Crippen molar-refractivity contribution in [2.75, 3.05) is 25.5 Å². The maximum absolute atomic E-state index is 13.2. The molecule has 1 fully saturated rings. The molecule has 1 amide bonds. The van der Waals surface area contributed by atoms with E-state index in [1.54, 1.807) is 30.5 Å². The van der Waals surface area contributed by atoms with E-state index in [2.05, 4.69) is 10.4 Å². The molecule has 1 N–H and O–H groups in total. The summed E-state index contributed by atoms with van der Waals surface area (Å²) in [6.45, 7) is 0.951. The number of para-hydroxylation sites is 1. The third-order valence-corrected chi connectivity index (χ3v) is 7.54. The summed E-state index contributed by atoms with van der Waals surface area (Å²) in [4.78, 5) is 12.8. The van der Waals surface area contributed by atoms with Gasteiger partial charge >= 0.3 is 0 Å². The molecule has 0 saturated carbocycles. The second-order valence-electron chi connectivity index (χ2n) is 7.41. The van der Waals surface area contributed by atoms with Crippen LogP contribution in [0.3, 0.4) is 0 Å². The van der Waals surface area contributed by atoms with E-state index in [1.165, 1.54) is 28.4 Å². The minimum absolute atomic E-state index is 0.0338. The van der Waals surface area contributed by atoms with Gasteiger partial charge in [0.25, 0.3) is 5.91 Å². The lowest BCUT2D eigenvalue weighted by Crippen LogP contribution is -2.35. The number of carbonyl (C=O) groups is 1. The highest BCUT2D eigenvalue weighted by Gasteiger charge is 2.29. The van der Waals surface area contributed by atoms with Crippen molar-refractivity contribution in [3.05, 3.63) is 65.4 Å². The van der Waals surface area contributed by atoms with Crippen molar-refractivity contribution in [1.29, 1.82) is 0 Å². The van der Waals surface area contributed by atoms with Gasteiger partial charge in [0.05, 0.1) is 29.6 Å². The van der Waals surface area contributed by atoms with Crippen molar-refractivity contribution in [2.45, 2.75) is 24.2 Å². The standard InChI is InChI=1S/C22H23ClN4O4S/c1-31-20-10-9-17(13-21(20)32(29,30)26-11-5-2-6-12-26)25-22(28)16-14-24-27(15-16)19-8-4-3-7-18(19)23/h3-4,7-10,13-15H,2,5-6,11-12H2,1H3,(H,25,28). The SMILES string of the molecule is COc1ccc(NC(=O)c2cnn(-c3ccccc3Cl)c2)cc1S(=O)(=O)N1CCCCC1. The van der Waals surface area contributed by atoms with Gasteiger partial charge in [-0.05, 0) is 43.2 Å². The summed E-state index contributed by atoms with van der Waals surface area (Å²) in [5.41, 5.74) is 1.30. The number of benzene rings is 2. The predicted molar refractivity (Wildman–Crippen MR) is 122 cm³/mol. The molecule has 2 aromatic carbocycles. The quantitative estimate of drug-likeness (QED) is 0.583. The normalized spacial score (nSPS) is 14.8. The molecule has 3 aromatic rings. The first-order chi connectivity index (χ1) is 15.4. The van der Waals surface area contributed by atoms with Crippen molar-refractivity contribution in [3.63, 3.8) is 0 Å². The highest BCUT2D eigenvalue weighted by atomic mass is 35.5. The summed E-state index contributed by atoms with van der Waals surface area (Å²) >= 11 is 6.20. The van der Waals surface area contributed by atoms with Gasteiger partial charge < -0.3 is 10.1 Å². The summed E-state index contributed by atoms with van der Waals surface area (Å²) in [6.07, 6.45) is 5.65. The first-order valence-corrected chi connectivity index (χ1v) is 12.0. The van der Waals surface area contributed by atoms with Crippen LogP contribution >= 0.6 is 11.6 Å². The number of sulfonamides is 1. The molecule has 1 aliphatic rings.